The van der Waals surface area contributed by atoms with Gasteiger partial charge >= 0.3 is 0 Å². The monoisotopic (exact) mass is 214 g/mol. The minimum absolute atomic E-state index is 0.529. The average Bonchev–Trinajstić information content (AvgIpc) is 2.50. The smallest absolute Gasteiger partial charge is 0.0743 e. The molecule has 0 aromatic heterocycles. The zero-order chi connectivity index (χ0) is 11.5. The largest absolute Gasteiger partial charge is 0.389 e. The Balaban J connectivity index is 2.27. The van der Waals surface area contributed by atoms with Crippen LogP contribution in [-0.2, 0) is 0 Å². The lowest BCUT2D eigenvalue weighted by atomic mass is 10.0. The van der Waals surface area contributed by atoms with E-state index in [0.717, 1.165) is 25.4 Å². The molecule has 0 aliphatic carbocycles. The highest BCUT2D eigenvalue weighted by atomic mass is 16.3. The van der Waals surface area contributed by atoms with Crippen LogP contribution in [0, 0.1) is 5.92 Å². The predicted octanol–water partition coefficient (Wildman–Crippen LogP) is 1.03. The molecule has 0 aromatic rings. The van der Waals surface area contributed by atoms with E-state index in [4.69, 9.17) is 0 Å². The Hall–Kier alpha value is -0.120. The number of likely N-dealkylation sites (N-methyl/N-ethyl adjacent to an activating group) is 1. The van der Waals surface area contributed by atoms with E-state index in [-0.39, 0.29) is 0 Å². The van der Waals surface area contributed by atoms with Gasteiger partial charge in [0.2, 0.25) is 0 Å². The molecular weight excluding hydrogens is 188 g/mol. The molecule has 1 aliphatic rings. The van der Waals surface area contributed by atoms with E-state index in [1.165, 1.54) is 19.5 Å². The van der Waals surface area contributed by atoms with Gasteiger partial charge in [-0.1, -0.05) is 6.92 Å². The lowest BCUT2D eigenvalue weighted by molar-refractivity contribution is 0.0204. The van der Waals surface area contributed by atoms with Gasteiger partial charge in [0.25, 0.3) is 0 Å². The Kier molecular flexibility index (Phi) is 4.56. The van der Waals surface area contributed by atoms with Crippen LogP contribution in [0.5, 0.6) is 0 Å². The third-order valence-electron chi connectivity index (χ3n) is 3.43. The van der Waals surface area contributed by atoms with Crippen LogP contribution in [-0.4, -0.2) is 60.8 Å². The van der Waals surface area contributed by atoms with E-state index in [1.807, 2.05) is 13.8 Å². The molecule has 3 nitrogen and oxygen atoms in total. The van der Waals surface area contributed by atoms with Crippen LogP contribution >= 0.6 is 0 Å². The molecule has 90 valence electrons. The highest BCUT2D eigenvalue weighted by Gasteiger charge is 2.24. The Morgan fingerprint density at radius 3 is 2.67 bits per heavy atom. The van der Waals surface area contributed by atoms with Gasteiger partial charge in [-0.3, -0.25) is 0 Å². The van der Waals surface area contributed by atoms with Gasteiger partial charge < -0.3 is 14.9 Å². The molecule has 1 saturated heterocycles. The van der Waals surface area contributed by atoms with Gasteiger partial charge in [0.05, 0.1) is 5.60 Å². The number of hydrogen-bond donors (Lipinski definition) is 1. The van der Waals surface area contributed by atoms with Gasteiger partial charge in [-0.05, 0) is 46.3 Å². The van der Waals surface area contributed by atoms with E-state index in [2.05, 4.69) is 23.9 Å². The van der Waals surface area contributed by atoms with Crippen LogP contribution in [0.2, 0.25) is 0 Å². The third-order valence-corrected chi connectivity index (χ3v) is 3.43. The van der Waals surface area contributed by atoms with Gasteiger partial charge in [0.15, 0.2) is 0 Å². The molecule has 0 radical (unpaired) electrons. The maximum atomic E-state index is 9.97. The molecule has 0 bridgehead atoms. The maximum Gasteiger partial charge on any atom is 0.0743 e. The average molecular weight is 214 g/mol. The second-order valence-corrected chi connectivity index (χ2v) is 5.46. The Morgan fingerprint density at radius 1 is 1.53 bits per heavy atom. The molecule has 1 aliphatic heterocycles. The molecule has 1 N–H and O–H groups in total. The summed E-state index contributed by atoms with van der Waals surface area (Å²) in [6, 6.07) is 0. The second-order valence-electron chi connectivity index (χ2n) is 5.46. The summed E-state index contributed by atoms with van der Waals surface area (Å²) in [6.07, 6.45) is 2.12. The van der Waals surface area contributed by atoms with Gasteiger partial charge in [-0.2, -0.15) is 0 Å². The molecule has 15 heavy (non-hydrogen) atoms. The molecule has 0 saturated carbocycles. The number of rotatable bonds is 5. The highest BCUT2D eigenvalue weighted by molar-refractivity contribution is 4.79. The van der Waals surface area contributed by atoms with Crippen molar-refractivity contribution >= 4 is 0 Å². The summed E-state index contributed by atoms with van der Waals surface area (Å²) in [4.78, 5) is 4.66. The first-order chi connectivity index (χ1) is 6.93. The van der Waals surface area contributed by atoms with E-state index < -0.39 is 5.60 Å². The SMILES string of the molecule is CCC(C)(O)CN(C)CC1CCN(C)C1. The van der Waals surface area contributed by atoms with Crippen molar-refractivity contribution in [3.63, 3.8) is 0 Å². The molecule has 0 spiro atoms. The fourth-order valence-electron chi connectivity index (χ4n) is 2.37. The fraction of sp³-hybridized carbons (Fsp3) is 1.00. The van der Waals surface area contributed by atoms with Crippen LogP contribution in [0.25, 0.3) is 0 Å². The molecule has 0 aromatic carbocycles. The third kappa shape index (κ3) is 4.49. The standard InChI is InChI=1S/C12H26N2O/c1-5-12(2,15)10-14(4)9-11-6-7-13(3)8-11/h11,15H,5-10H2,1-4H3. The van der Waals surface area contributed by atoms with Crippen molar-refractivity contribution in [1.82, 2.24) is 9.80 Å². The van der Waals surface area contributed by atoms with Crippen molar-refractivity contribution < 1.29 is 5.11 Å². The summed E-state index contributed by atoms with van der Waals surface area (Å²) < 4.78 is 0. The van der Waals surface area contributed by atoms with Crippen molar-refractivity contribution in [3.05, 3.63) is 0 Å². The minimum atomic E-state index is -0.529. The summed E-state index contributed by atoms with van der Waals surface area (Å²) >= 11 is 0. The van der Waals surface area contributed by atoms with E-state index in [0.29, 0.717) is 0 Å². The van der Waals surface area contributed by atoms with Crippen molar-refractivity contribution in [2.45, 2.75) is 32.3 Å². The summed E-state index contributed by atoms with van der Waals surface area (Å²) in [5.74, 6) is 0.785. The number of hydrogen-bond acceptors (Lipinski definition) is 3. The predicted molar refractivity (Wildman–Crippen MR) is 64.0 cm³/mol. The molecular formula is C12H26N2O. The van der Waals surface area contributed by atoms with E-state index in [1.54, 1.807) is 0 Å². The van der Waals surface area contributed by atoms with Crippen molar-refractivity contribution in [3.8, 4) is 0 Å². The van der Waals surface area contributed by atoms with Crippen LogP contribution in [0.3, 0.4) is 0 Å². The first-order valence-corrected chi connectivity index (χ1v) is 6.02. The van der Waals surface area contributed by atoms with E-state index >= 15 is 0 Å². The summed E-state index contributed by atoms with van der Waals surface area (Å²) in [5.41, 5.74) is -0.529. The molecule has 1 rings (SSSR count). The highest BCUT2D eigenvalue weighted by Crippen LogP contribution is 2.17. The fourth-order valence-corrected chi connectivity index (χ4v) is 2.37. The lowest BCUT2D eigenvalue weighted by Crippen LogP contribution is -2.40. The van der Waals surface area contributed by atoms with Gasteiger partial charge in [-0.25, -0.2) is 0 Å². The van der Waals surface area contributed by atoms with Crippen LogP contribution in [0.1, 0.15) is 26.7 Å². The van der Waals surface area contributed by atoms with Crippen molar-refractivity contribution in [2.75, 3.05) is 40.3 Å². The van der Waals surface area contributed by atoms with Crippen LogP contribution in [0.15, 0.2) is 0 Å². The van der Waals surface area contributed by atoms with E-state index in [9.17, 15) is 5.11 Å². The molecule has 1 heterocycles. The molecule has 1 fully saturated rings. The summed E-state index contributed by atoms with van der Waals surface area (Å²) in [7, 11) is 4.30. The topological polar surface area (TPSA) is 26.7 Å². The number of nitrogens with zero attached hydrogens (tertiary/aromatic N) is 2. The molecule has 3 heteroatoms. The molecule has 2 atom stereocenters. The molecule has 0 amide bonds. The first kappa shape index (κ1) is 12.9. The zero-order valence-electron chi connectivity index (χ0n) is 10.7. The summed E-state index contributed by atoms with van der Waals surface area (Å²) in [6.45, 7) is 8.28. The van der Waals surface area contributed by atoms with Crippen molar-refractivity contribution in [1.29, 1.82) is 0 Å². The Bertz CT molecular complexity index is 194. The van der Waals surface area contributed by atoms with Crippen molar-refractivity contribution in [2.24, 2.45) is 5.92 Å². The number of aliphatic hydroxyl groups is 1. The Labute approximate surface area is 94.1 Å². The first-order valence-electron chi connectivity index (χ1n) is 6.02. The van der Waals surface area contributed by atoms with Gasteiger partial charge in [0.1, 0.15) is 0 Å². The zero-order valence-corrected chi connectivity index (χ0v) is 10.7. The maximum absolute atomic E-state index is 9.97. The minimum Gasteiger partial charge on any atom is -0.389 e. The van der Waals surface area contributed by atoms with Crippen LogP contribution in [0.4, 0.5) is 0 Å². The lowest BCUT2D eigenvalue weighted by Gasteiger charge is -2.29. The molecule has 2 unspecified atom stereocenters. The number of likely N-dealkylation sites (tertiary alicyclic amines) is 1. The quantitative estimate of drug-likeness (QED) is 0.740. The van der Waals surface area contributed by atoms with Gasteiger partial charge in [0, 0.05) is 19.6 Å². The Morgan fingerprint density at radius 2 is 2.20 bits per heavy atom. The summed E-state index contributed by atoms with van der Waals surface area (Å²) in [5, 5.41) is 9.97. The van der Waals surface area contributed by atoms with Gasteiger partial charge in [-0.15, -0.1) is 0 Å². The second kappa shape index (κ2) is 5.28. The normalized spacial score (nSPS) is 27.2. The van der Waals surface area contributed by atoms with Crippen LogP contribution < -0.4 is 0 Å².